The average Bonchev–Trinajstić information content (AvgIpc) is 3.63. The summed E-state index contributed by atoms with van der Waals surface area (Å²) in [6.07, 6.45) is 8.10. The highest BCUT2D eigenvalue weighted by Crippen LogP contribution is 2.27. The Morgan fingerprint density at radius 3 is 1.73 bits per heavy atom. The molecule has 0 aliphatic heterocycles. The number of anilines is 3. The fraction of sp³-hybridized carbons (Fsp3) is 0.120. The van der Waals surface area contributed by atoms with Crippen molar-refractivity contribution in [3.8, 4) is 17.2 Å². The summed E-state index contributed by atoms with van der Waals surface area (Å²) in [4.78, 5) is 26.4. The van der Waals surface area contributed by atoms with Crippen molar-refractivity contribution < 1.29 is 23.4 Å². The lowest BCUT2D eigenvalue weighted by Gasteiger charge is -2.14. The highest BCUT2D eigenvalue weighted by Gasteiger charge is 2.14. The molecule has 0 bridgehead atoms. The Labute approximate surface area is 375 Å². The standard InChI is InChI=1S/C26H25N3O3.C12H11BrN2O.C12H12N2O/c1-18-21-10-6-7-11-22(21)32-24(18)16-29(2)25(30)13-12-20-14-23(26(27)28-15-20)31-17-19-8-4-3-5-9-19;13-10-6-11(12(14)15-7-10)16-8-9-4-2-1-3-5-9;13-12-11(7-4-8-14-12)15-9-10-5-2-1-3-6-10/h3-15H,16-17H2,1-2H3,(H2,27,28);1-7H,8H2,(H2,14,15);1-8H,9H2,(H2,13,14)/b13-12+;;. The van der Waals surface area contributed by atoms with Crippen LogP contribution in [0.15, 0.2) is 173 Å². The number of rotatable bonds is 13. The Kier molecular flexibility index (Phi) is 16.3. The summed E-state index contributed by atoms with van der Waals surface area (Å²) in [6.45, 7) is 3.78. The number of hydrogen-bond donors (Lipinski definition) is 3. The molecule has 320 valence electrons. The van der Waals surface area contributed by atoms with E-state index in [0.717, 1.165) is 49.0 Å². The number of furan rings is 1. The van der Waals surface area contributed by atoms with E-state index in [-0.39, 0.29) is 5.91 Å². The summed E-state index contributed by atoms with van der Waals surface area (Å²) in [7, 11) is 1.74. The van der Waals surface area contributed by atoms with E-state index < -0.39 is 0 Å². The smallest absolute Gasteiger partial charge is 0.246 e. The second-order valence-electron chi connectivity index (χ2n) is 14.1. The summed E-state index contributed by atoms with van der Waals surface area (Å²) >= 11 is 3.32. The zero-order valence-electron chi connectivity index (χ0n) is 34.9. The first-order valence-electron chi connectivity index (χ1n) is 19.9. The first-order valence-corrected chi connectivity index (χ1v) is 20.7. The van der Waals surface area contributed by atoms with Crippen LogP contribution in [-0.2, 0) is 31.2 Å². The summed E-state index contributed by atoms with van der Waals surface area (Å²) in [5, 5.41) is 1.06. The first-order chi connectivity index (χ1) is 30.6. The third kappa shape index (κ3) is 13.7. The largest absolute Gasteiger partial charge is 0.485 e. The van der Waals surface area contributed by atoms with Crippen LogP contribution in [-0.4, -0.2) is 32.8 Å². The fourth-order valence-electron chi connectivity index (χ4n) is 5.92. The van der Waals surface area contributed by atoms with Gasteiger partial charge in [0.25, 0.3) is 0 Å². The Balaban J connectivity index is 0.000000177. The molecule has 8 rings (SSSR count). The lowest BCUT2D eigenvalue weighted by Crippen LogP contribution is -2.24. The lowest BCUT2D eigenvalue weighted by molar-refractivity contribution is -0.125. The van der Waals surface area contributed by atoms with Crippen molar-refractivity contribution >= 4 is 56.3 Å². The predicted molar refractivity (Wildman–Crippen MR) is 252 cm³/mol. The van der Waals surface area contributed by atoms with Crippen LogP contribution in [0.1, 0.15) is 33.6 Å². The molecule has 63 heavy (non-hydrogen) atoms. The van der Waals surface area contributed by atoms with Crippen LogP contribution in [0.5, 0.6) is 17.2 Å². The number of amides is 1. The van der Waals surface area contributed by atoms with E-state index in [1.54, 1.807) is 48.7 Å². The number of aromatic nitrogens is 3. The van der Waals surface area contributed by atoms with Crippen molar-refractivity contribution in [2.75, 3.05) is 24.2 Å². The van der Waals surface area contributed by atoms with E-state index in [1.807, 2.05) is 134 Å². The van der Waals surface area contributed by atoms with Crippen molar-refractivity contribution in [1.82, 2.24) is 19.9 Å². The fourth-order valence-corrected chi connectivity index (χ4v) is 6.23. The summed E-state index contributed by atoms with van der Waals surface area (Å²) in [5.41, 5.74) is 23.1. The van der Waals surface area contributed by atoms with Gasteiger partial charge in [-0.05, 0) is 81.5 Å². The summed E-state index contributed by atoms with van der Waals surface area (Å²) < 4.78 is 23.7. The molecule has 0 saturated heterocycles. The molecule has 8 aromatic rings. The SMILES string of the molecule is Cc1c(CN(C)C(=O)/C=C/c2cnc(N)c(OCc3ccccc3)c2)oc2ccccc12.Nc1ncc(Br)cc1OCc1ccccc1.Nc1ncccc1OCc1ccccc1. The number of aryl methyl sites for hydroxylation is 1. The van der Waals surface area contributed by atoms with Gasteiger partial charge in [-0.15, -0.1) is 0 Å². The van der Waals surface area contributed by atoms with Crippen molar-refractivity contribution in [2.45, 2.75) is 33.3 Å². The van der Waals surface area contributed by atoms with Gasteiger partial charge < -0.3 is 40.7 Å². The van der Waals surface area contributed by atoms with Crippen LogP contribution in [0.2, 0.25) is 0 Å². The maximum Gasteiger partial charge on any atom is 0.246 e. The molecule has 0 radical (unpaired) electrons. The number of carbonyl (C=O) groups is 1. The maximum atomic E-state index is 12.6. The molecule has 0 aliphatic carbocycles. The Bertz CT molecular complexity index is 2720. The van der Waals surface area contributed by atoms with Crippen LogP contribution >= 0.6 is 15.9 Å². The molecular weight excluding hydrogens is 858 g/mol. The van der Waals surface area contributed by atoms with Gasteiger partial charge in [-0.3, -0.25) is 4.79 Å². The van der Waals surface area contributed by atoms with Crippen LogP contribution < -0.4 is 31.4 Å². The molecule has 1 amide bonds. The van der Waals surface area contributed by atoms with Gasteiger partial charge in [0.05, 0.1) is 6.54 Å². The Hall–Kier alpha value is -7.64. The van der Waals surface area contributed by atoms with Crippen LogP contribution in [0.4, 0.5) is 17.5 Å². The number of carbonyl (C=O) groups excluding carboxylic acids is 1. The van der Waals surface area contributed by atoms with E-state index in [4.69, 9.17) is 35.8 Å². The molecule has 6 N–H and O–H groups in total. The number of benzene rings is 4. The quantitative estimate of drug-likeness (QED) is 0.0938. The molecule has 4 heterocycles. The molecule has 0 unspecified atom stereocenters. The minimum atomic E-state index is -0.145. The third-order valence-electron chi connectivity index (χ3n) is 9.38. The van der Waals surface area contributed by atoms with Gasteiger partial charge in [0, 0.05) is 47.1 Å². The number of nitrogen functional groups attached to an aromatic ring is 3. The second-order valence-corrected chi connectivity index (χ2v) is 15.0. The second kappa shape index (κ2) is 22.8. The first kappa shape index (κ1) is 44.9. The van der Waals surface area contributed by atoms with Crippen molar-refractivity contribution in [3.63, 3.8) is 0 Å². The number of nitrogens with zero attached hydrogens (tertiary/aromatic N) is 4. The average molecular weight is 907 g/mol. The zero-order valence-corrected chi connectivity index (χ0v) is 36.5. The third-order valence-corrected chi connectivity index (χ3v) is 9.81. The van der Waals surface area contributed by atoms with Gasteiger partial charge in [-0.1, -0.05) is 109 Å². The van der Waals surface area contributed by atoms with Crippen molar-refractivity contribution in [2.24, 2.45) is 0 Å². The maximum absolute atomic E-state index is 12.6. The molecule has 12 nitrogen and oxygen atoms in total. The summed E-state index contributed by atoms with van der Waals surface area (Å²) in [6, 6.07) is 44.7. The van der Waals surface area contributed by atoms with Crippen LogP contribution in [0.3, 0.4) is 0 Å². The molecule has 4 aromatic heterocycles. The van der Waals surface area contributed by atoms with E-state index in [9.17, 15) is 4.79 Å². The van der Waals surface area contributed by atoms with Gasteiger partial charge in [0.1, 0.15) is 31.2 Å². The monoisotopic (exact) mass is 905 g/mol. The Morgan fingerprint density at radius 2 is 1.16 bits per heavy atom. The van der Waals surface area contributed by atoms with Gasteiger partial charge in [-0.25, -0.2) is 15.0 Å². The van der Waals surface area contributed by atoms with Gasteiger partial charge >= 0.3 is 0 Å². The number of hydrogen-bond acceptors (Lipinski definition) is 11. The Morgan fingerprint density at radius 1 is 0.651 bits per heavy atom. The highest BCUT2D eigenvalue weighted by atomic mass is 79.9. The molecular formula is C50H48BrN7O5. The van der Waals surface area contributed by atoms with E-state index in [1.165, 1.54) is 6.08 Å². The normalized spacial score (nSPS) is 10.6. The van der Waals surface area contributed by atoms with Gasteiger partial charge in [-0.2, -0.15) is 0 Å². The summed E-state index contributed by atoms with van der Waals surface area (Å²) in [5.74, 6) is 3.47. The molecule has 0 aliphatic rings. The zero-order chi connectivity index (χ0) is 44.4. The number of likely N-dealkylation sites (N-methyl/N-ethyl adjacent to an activating group) is 1. The molecule has 13 heteroatoms. The number of fused-ring (bicyclic) bond motifs is 1. The number of ether oxygens (including phenoxy) is 3. The molecule has 0 fully saturated rings. The number of nitrogens with two attached hydrogens (primary N) is 3. The predicted octanol–water partition coefficient (Wildman–Crippen LogP) is 10.2. The molecule has 0 atom stereocenters. The molecule has 4 aromatic carbocycles. The van der Waals surface area contributed by atoms with Crippen LogP contribution in [0.25, 0.3) is 17.0 Å². The van der Waals surface area contributed by atoms with Crippen molar-refractivity contribution in [1.29, 1.82) is 0 Å². The van der Waals surface area contributed by atoms with E-state index in [2.05, 4.69) is 30.9 Å². The number of halogens is 1. The number of pyridine rings is 3. The minimum Gasteiger partial charge on any atom is -0.485 e. The van der Waals surface area contributed by atoms with E-state index >= 15 is 0 Å². The molecule has 0 spiro atoms. The topological polar surface area (TPSA) is 178 Å². The molecule has 0 saturated carbocycles. The number of para-hydroxylation sites is 1. The van der Waals surface area contributed by atoms with Crippen molar-refractivity contribution in [3.05, 3.63) is 202 Å². The van der Waals surface area contributed by atoms with E-state index in [0.29, 0.717) is 61.1 Å². The lowest BCUT2D eigenvalue weighted by atomic mass is 10.1. The minimum absolute atomic E-state index is 0.145. The van der Waals surface area contributed by atoms with Gasteiger partial charge in [0.15, 0.2) is 34.7 Å². The van der Waals surface area contributed by atoms with Crippen LogP contribution in [0, 0.1) is 6.92 Å². The van der Waals surface area contributed by atoms with Gasteiger partial charge in [0.2, 0.25) is 5.91 Å². The highest BCUT2D eigenvalue weighted by molar-refractivity contribution is 9.10.